The molecule has 0 amide bonds. The van der Waals surface area contributed by atoms with Crippen LogP contribution in [0.15, 0.2) is 28.7 Å². The number of sulfone groups is 1. The topological polar surface area (TPSA) is 46.2 Å². The van der Waals surface area contributed by atoms with Gasteiger partial charge in [-0.2, -0.15) is 0 Å². The predicted molar refractivity (Wildman–Crippen MR) is 79.5 cm³/mol. The minimum absolute atomic E-state index is 0.153. The molecular weight excluding hydrogens is 314 g/mol. The Balaban J connectivity index is 2.47. The summed E-state index contributed by atoms with van der Waals surface area (Å²) in [5, 5.41) is 2.93. The van der Waals surface area contributed by atoms with Crippen LogP contribution in [0.2, 0.25) is 0 Å². The highest BCUT2D eigenvalue weighted by atomic mass is 79.9. The summed E-state index contributed by atoms with van der Waals surface area (Å²) in [5.41, 5.74) is 1.15. The number of hydrogen-bond donors (Lipinski definition) is 1. The van der Waals surface area contributed by atoms with Gasteiger partial charge in [-0.3, -0.25) is 0 Å². The lowest BCUT2D eigenvalue weighted by atomic mass is 10.1. The molecule has 0 spiro atoms. The largest absolute Gasteiger partial charge is 0.309 e. The van der Waals surface area contributed by atoms with E-state index in [0.717, 1.165) is 10.0 Å². The normalized spacial score (nSPS) is 13.8. The number of hydrogen-bond acceptors (Lipinski definition) is 3. The predicted octanol–water partition coefficient (Wildman–Crippen LogP) is 2.92. The van der Waals surface area contributed by atoms with Crippen molar-refractivity contribution in [3.05, 3.63) is 34.3 Å². The molecule has 18 heavy (non-hydrogen) atoms. The van der Waals surface area contributed by atoms with Crippen LogP contribution in [0.3, 0.4) is 0 Å². The highest BCUT2D eigenvalue weighted by molar-refractivity contribution is 9.10. The van der Waals surface area contributed by atoms with Crippen molar-refractivity contribution >= 4 is 25.8 Å². The Hall–Kier alpha value is -0.390. The minimum Gasteiger partial charge on any atom is -0.309 e. The summed E-state index contributed by atoms with van der Waals surface area (Å²) in [7, 11) is -2.95. The molecule has 3 nitrogen and oxygen atoms in total. The Bertz CT molecular complexity index is 468. The molecule has 0 unspecified atom stereocenters. The summed E-state index contributed by atoms with van der Waals surface area (Å²) in [4.78, 5) is 0. The Morgan fingerprint density at radius 3 is 2.22 bits per heavy atom. The quantitative estimate of drug-likeness (QED) is 0.870. The van der Waals surface area contributed by atoms with Crippen LogP contribution in [0.4, 0.5) is 0 Å². The molecule has 1 aromatic carbocycles. The third-order valence-corrected chi connectivity index (χ3v) is 5.66. The number of halogens is 1. The average molecular weight is 334 g/mol. The van der Waals surface area contributed by atoms with Crippen LogP contribution in [0.25, 0.3) is 0 Å². The molecule has 0 saturated heterocycles. The average Bonchev–Trinajstić information content (AvgIpc) is 2.29. The van der Waals surface area contributed by atoms with Gasteiger partial charge in [0.15, 0.2) is 9.84 Å². The molecule has 0 radical (unpaired) electrons. The van der Waals surface area contributed by atoms with E-state index in [1.165, 1.54) is 0 Å². The lowest BCUT2D eigenvalue weighted by Crippen LogP contribution is -2.28. The van der Waals surface area contributed by atoms with Gasteiger partial charge in [-0.05, 0) is 38.5 Å². The zero-order valence-electron chi connectivity index (χ0n) is 11.0. The van der Waals surface area contributed by atoms with E-state index in [9.17, 15) is 8.42 Å². The van der Waals surface area contributed by atoms with Crippen LogP contribution in [-0.4, -0.2) is 26.0 Å². The highest BCUT2D eigenvalue weighted by Crippen LogP contribution is 2.16. The summed E-state index contributed by atoms with van der Waals surface area (Å²) in [5.74, 6) is 0.186. The van der Waals surface area contributed by atoms with E-state index in [-0.39, 0.29) is 17.0 Å². The smallest absolute Gasteiger partial charge is 0.153 e. The second-order valence-corrected chi connectivity index (χ2v) is 8.24. The third-order valence-electron chi connectivity index (χ3n) is 2.93. The first-order valence-corrected chi connectivity index (χ1v) is 8.54. The lowest BCUT2D eigenvalue weighted by Gasteiger charge is -2.15. The molecule has 0 aromatic heterocycles. The number of rotatable bonds is 6. The van der Waals surface area contributed by atoms with Crippen LogP contribution >= 0.6 is 15.9 Å². The van der Waals surface area contributed by atoms with Gasteiger partial charge >= 0.3 is 0 Å². The van der Waals surface area contributed by atoms with Gasteiger partial charge in [0.25, 0.3) is 0 Å². The lowest BCUT2D eigenvalue weighted by molar-refractivity contribution is 0.566. The molecule has 0 saturated carbocycles. The first-order valence-electron chi connectivity index (χ1n) is 6.03. The summed E-state index contributed by atoms with van der Waals surface area (Å²) >= 11 is 3.39. The van der Waals surface area contributed by atoms with Crippen molar-refractivity contribution in [1.82, 2.24) is 5.32 Å². The molecule has 1 N–H and O–H groups in total. The molecule has 102 valence electrons. The van der Waals surface area contributed by atoms with Crippen molar-refractivity contribution in [1.29, 1.82) is 0 Å². The zero-order chi connectivity index (χ0) is 13.8. The Morgan fingerprint density at radius 1 is 1.17 bits per heavy atom. The van der Waals surface area contributed by atoms with E-state index in [1.54, 1.807) is 13.8 Å². The van der Waals surface area contributed by atoms with Crippen molar-refractivity contribution in [3.63, 3.8) is 0 Å². The van der Waals surface area contributed by atoms with Crippen molar-refractivity contribution in [2.24, 2.45) is 0 Å². The third kappa shape index (κ3) is 4.71. The minimum atomic E-state index is -2.95. The summed E-state index contributed by atoms with van der Waals surface area (Å²) in [6, 6.07) is 8.18. The monoisotopic (exact) mass is 333 g/mol. The van der Waals surface area contributed by atoms with E-state index >= 15 is 0 Å². The number of benzene rings is 1. The van der Waals surface area contributed by atoms with Crippen molar-refractivity contribution in [2.75, 3.05) is 12.3 Å². The van der Waals surface area contributed by atoms with E-state index < -0.39 is 9.84 Å². The molecule has 0 bridgehead atoms. The molecule has 0 fully saturated rings. The fourth-order valence-corrected chi connectivity index (χ4v) is 2.66. The van der Waals surface area contributed by atoms with E-state index in [2.05, 4.69) is 21.2 Å². The van der Waals surface area contributed by atoms with Gasteiger partial charge in [0.1, 0.15) is 0 Å². The van der Waals surface area contributed by atoms with Crippen molar-refractivity contribution < 1.29 is 8.42 Å². The fourth-order valence-electron chi connectivity index (χ4n) is 1.52. The first kappa shape index (κ1) is 15.7. The second-order valence-electron chi connectivity index (χ2n) is 4.64. The fraction of sp³-hybridized carbons (Fsp3) is 0.538. The van der Waals surface area contributed by atoms with Gasteiger partial charge < -0.3 is 5.32 Å². The molecule has 0 heterocycles. The SMILES string of the molecule is CC(C)S(=O)(=O)CCN[C@@H](C)c1ccc(Br)cc1. The second kappa shape index (κ2) is 6.68. The molecule has 1 rings (SSSR count). The van der Waals surface area contributed by atoms with Crippen LogP contribution < -0.4 is 5.32 Å². The van der Waals surface area contributed by atoms with Gasteiger partial charge in [-0.15, -0.1) is 0 Å². The number of nitrogens with one attached hydrogen (secondary N) is 1. The maximum atomic E-state index is 11.6. The molecule has 1 atom stereocenters. The van der Waals surface area contributed by atoms with Gasteiger partial charge in [-0.25, -0.2) is 8.42 Å². The Kier molecular flexibility index (Phi) is 5.82. The Morgan fingerprint density at radius 2 is 1.72 bits per heavy atom. The molecule has 5 heteroatoms. The van der Waals surface area contributed by atoms with E-state index in [0.29, 0.717) is 6.54 Å². The summed E-state index contributed by atoms with van der Waals surface area (Å²) in [6.07, 6.45) is 0. The van der Waals surface area contributed by atoms with Crippen LogP contribution in [0, 0.1) is 0 Å². The first-order chi connectivity index (χ1) is 8.33. The maximum Gasteiger partial charge on any atom is 0.153 e. The van der Waals surface area contributed by atoms with E-state index in [1.807, 2.05) is 31.2 Å². The Labute approximate surface area is 118 Å². The summed E-state index contributed by atoms with van der Waals surface area (Å²) in [6.45, 7) is 5.95. The molecular formula is C13H20BrNO2S. The van der Waals surface area contributed by atoms with Gasteiger partial charge in [0, 0.05) is 17.1 Å². The van der Waals surface area contributed by atoms with Crippen molar-refractivity contribution in [2.45, 2.75) is 32.1 Å². The highest BCUT2D eigenvalue weighted by Gasteiger charge is 2.15. The molecule has 0 aliphatic heterocycles. The van der Waals surface area contributed by atoms with Crippen molar-refractivity contribution in [3.8, 4) is 0 Å². The molecule has 0 aliphatic carbocycles. The van der Waals surface area contributed by atoms with E-state index in [4.69, 9.17) is 0 Å². The van der Waals surface area contributed by atoms with Gasteiger partial charge in [0.05, 0.1) is 11.0 Å². The maximum absolute atomic E-state index is 11.6. The summed E-state index contributed by atoms with van der Waals surface area (Å²) < 4.78 is 24.3. The van der Waals surface area contributed by atoms with Gasteiger partial charge in [-0.1, -0.05) is 28.1 Å². The van der Waals surface area contributed by atoms with Gasteiger partial charge in [0.2, 0.25) is 0 Å². The van der Waals surface area contributed by atoms with Crippen LogP contribution in [-0.2, 0) is 9.84 Å². The van der Waals surface area contributed by atoms with Crippen LogP contribution in [0.1, 0.15) is 32.4 Å². The van der Waals surface area contributed by atoms with Crippen LogP contribution in [0.5, 0.6) is 0 Å². The standard InChI is InChI=1S/C13H20BrNO2S/c1-10(2)18(16,17)9-8-15-11(3)12-4-6-13(14)7-5-12/h4-7,10-11,15H,8-9H2,1-3H3/t11-/m0/s1. The molecule has 0 aliphatic rings. The molecule has 1 aromatic rings. The zero-order valence-corrected chi connectivity index (χ0v) is 13.4.